The lowest BCUT2D eigenvalue weighted by Gasteiger charge is -2.26. The zero-order valence-corrected chi connectivity index (χ0v) is 9.59. The zero-order chi connectivity index (χ0) is 10.9. The minimum atomic E-state index is 0.191. The average molecular weight is 204 g/mol. The Morgan fingerprint density at radius 2 is 1.87 bits per heavy atom. The van der Waals surface area contributed by atoms with Crippen LogP contribution in [-0.4, -0.2) is 12.6 Å². The first-order chi connectivity index (χ1) is 7.08. The van der Waals surface area contributed by atoms with Gasteiger partial charge in [0.15, 0.2) is 0 Å². The van der Waals surface area contributed by atoms with Gasteiger partial charge in [-0.25, -0.2) is 0 Å². The SMILES string of the molecule is CC(C)(CNC1CC1)c1ccc(N)cc1. The summed E-state index contributed by atoms with van der Waals surface area (Å²) in [6.45, 7) is 5.59. The maximum Gasteiger partial charge on any atom is 0.0314 e. The second-order valence-electron chi connectivity index (χ2n) is 5.16. The highest BCUT2D eigenvalue weighted by Crippen LogP contribution is 2.25. The minimum absolute atomic E-state index is 0.191. The maximum absolute atomic E-state index is 5.69. The fraction of sp³-hybridized carbons (Fsp3) is 0.538. The molecule has 1 aromatic rings. The molecule has 2 heteroatoms. The lowest BCUT2D eigenvalue weighted by atomic mass is 9.84. The first-order valence-electron chi connectivity index (χ1n) is 5.67. The van der Waals surface area contributed by atoms with Crippen LogP contribution >= 0.6 is 0 Å². The summed E-state index contributed by atoms with van der Waals surface area (Å²) in [5.74, 6) is 0. The molecule has 1 aromatic carbocycles. The Bertz CT molecular complexity index is 323. The van der Waals surface area contributed by atoms with Crippen molar-refractivity contribution in [2.75, 3.05) is 12.3 Å². The largest absolute Gasteiger partial charge is 0.399 e. The van der Waals surface area contributed by atoms with Gasteiger partial charge in [-0.1, -0.05) is 26.0 Å². The van der Waals surface area contributed by atoms with Gasteiger partial charge in [-0.2, -0.15) is 0 Å². The van der Waals surface area contributed by atoms with Crippen molar-refractivity contribution >= 4 is 5.69 Å². The van der Waals surface area contributed by atoms with Crippen LogP contribution in [-0.2, 0) is 5.41 Å². The lowest BCUT2D eigenvalue weighted by molar-refractivity contribution is 0.467. The van der Waals surface area contributed by atoms with Crippen molar-refractivity contribution in [1.29, 1.82) is 0 Å². The van der Waals surface area contributed by atoms with Crippen molar-refractivity contribution in [3.63, 3.8) is 0 Å². The summed E-state index contributed by atoms with van der Waals surface area (Å²) in [6, 6.07) is 8.99. The summed E-state index contributed by atoms with van der Waals surface area (Å²) in [5.41, 5.74) is 8.07. The molecule has 0 heterocycles. The molecule has 1 aliphatic rings. The molecular formula is C13H20N2. The number of anilines is 1. The van der Waals surface area contributed by atoms with Gasteiger partial charge in [0.25, 0.3) is 0 Å². The molecular weight excluding hydrogens is 184 g/mol. The summed E-state index contributed by atoms with van der Waals surface area (Å²) in [5, 5.41) is 3.58. The highest BCUT2D eigenvalue weighted by molar-refractivity contribution is 5.41. The summed E-state index contributed by atoms with van der Waals surface area (Å²) < 4.78 is 0. The quantitative estimate of drug-likeness (QED) is 0.739. The topological polar surface area (TPSA) is 38.0 Å². The number of hydrogen-bond acceptors (Lipinski definition) is 2. The summed E-state index contributed by atoms with van der Waals surface area (Å²) in [6.07, 6.45) is 2.69. The van der Waals surface area contributed by atoms with Crippen LogP contribution in [0.5, 0.6) is 0 Å². The normalized spacial score (nSPS) is 16.7. The molecule has 1 aliphatic carbocycles. The van der Waals surface area contributed by atoms with Crippen molar-refractivity contribution < 1.29 is 0 Å². The van der Waals surface area contributed by atoms with Crippen LogP contribution in [0.4, 0.5) is 5.69 Å². The average Bonchev–Trinajstić information content (AvgIpc) is 2.99. The Balaban J connectivity index is 2.02. The Labute approximate surface area is 91.9 Å². The number of nitrogen functional groups attached to an aromatic ring is 1. The molecule has 3 N–H and O–H groups in total. The fourth-order valence-electron chi connectivity index (χ4n) is 1.72. The van der Waals surface area contributed by atoms with E-state index in [-0.39, 0.29) is 5.41 Å². The molecule has 0 radical (unpaired) electrons. The summed E-state index contributed by atoms with van der Waals surface area (Å²) in [7, 11) is 0. The Hall–Kier alpha value is -1.02. The van der Waals surface area contributed by atoms with E-state index in [1.807, 2.05) is 12.1 Å². The van der Waals surface area contributed by atoms with E-state index in [1.54, 1.807) is 0 Å². The van der Waals surface area contributed by atoms with Gasteiger partial charge in [0.1, 0.15) is 0 Å². The van der Waals surface area contributed by atoms with Crippen LogP contribution in [0.1, 0.15) is 32.3 Å². The monoisotopic (exact) mass is 204 g/mol. The van der Waals surface area contributed by atoms with Crippen LogP contribution < -0.4 is 11.1 Å². The standard InChI is InChI=1S/C13H20N2/c1-13(2,9-15-12-7-8-12)10-3-5-11(14)6-4-10/h3-6,12,15H,7-9,14H2,1-2H3. The molecule has 15 heavy (non-hydrogen) atoms. The minimum Gasteiger partial charge on any atom is -0.399 e. The second kappa shape index (κ2) is 3.86. The highest BCUT2D eigenvalue weighted by atomic mass is 15.0. The van der Waals surface area contributed by atoms with Crippen LogP contribution in [0.2, 0.25) is 0 Å². The zero-order valence-electron chi connectivity index (χ0n) is 9.59. The van der Waals surface area contributed by atoms with E-state index < -0.39 is 0 Å². The Morgan fingerprint density at radius 1 is 1.27 bits per heavy atom. The van der Waals surface area contributed by atoms with E-state index in [4.69, 9.17) is 5.73 Å². The molecule has 1 saturated carbocycles. The molecule has 0 atom stereocenters. The maximum atomic E-state index is 5.69. The third-order valence-electron chi connectivity index (χ3n) is 3.10. The van der Waals surface area contributed by atoms with Gasteiger partial charge in [0.05, 0.1) is 0 Å². The first kappa shape index (κ1) is 10.5. The van der Waals surface area contributed by atoms with Gasteiger partial charge in [0, 0.05) is 23.7 Å². The molecule has 2 rings (SSSR count). The fourth-order valence-corrected chi connectivity index (χ4v) is 1.72. The van der Waals surface area contributed by atoms with E-state index in [0.717, 1.165) is 18.3 Å². The molecule has 0 spiro atoms. The number of hydrogen-bond donors (Lipinski definition) is 2. The van der Waals surface area contributed by atoms with E-state index in [0.29, 0.717) is 0 Å². The Morgan fingerprint density at radius 3 is 2.40 bits per heavy atom. The van der Waals surface area contributed by atoms with Gasteiger partial charge >= 0.3 is 0 Å². The molecule has 0 aliphatic heterocycles. The van der Waals surface area contributed by atoms with E-state index in [9.17, 15) is 0 Å². The Kier molecular flexibility index (Phi) is 2.70. The number of nitrogens with one attached hydrogen (secondary N) is 1. The molecule has 0 unspecified atom stereocenters. The third kappa shape index (κ3) is 2.72. The summed E-state index contributed by atoms with van der Waals surface area (Å²) >= 11 is 0. The predicted octanol–water partition coefficient (Wildman–Crippen LogP) is 2.30. The van der Waals surface area contributed by atoms with Crippen molar-refractivity contribution in [1.82, 2.24) is 5.32 Å². The van der Waals surface area contributed by atoms with Crippen molar-refractivity contribution in [3.8, 4) is 0 Å². The molecule has 82 valence electrons. The van der Waals surface area contributed by atoms with Gasteiger partial charge in [-0.3, -0.25) is 0 Å². The molecule has 0 amide bonds. The van der Waals surface area contributed by atoms with Crippen molar-refractivity contribution in [2.24, 2.45) is 0 Å². The molecule has 2 nitrogen and oxygen atoms in total. The first-order valence-corrected chi connectivity index (χ1v) is 5.67. The molecule has 0 aromatic heterocycles. The van der Waals surface area contributed by atoms with Gasteiger partial charge < -0.3 is 11.1 Å². The third-order valence-corrected chi connectivity index (χ3v) is 3.10. The van der Waals surface area contributed by atoms with Gasteiger partial charge in [-0.05, 0) is 30.5 Å². The smallest absolute Gasteiger partial charge is 0.0314 e. The lowest BCUT2D eigenvalue weighted by Crippen LogP contribution is -2.34. The van der Waals surface area contributed by atoms with E-state index in [2.05, 4.69) is 31.3 Å². The van der Waals surface area contributed by atoms with Crippen LogP contribution in [0.15, 0.2) is 24.3 Å². The van der Waals surface area contributed by atoms with E-state index in [1.165, 1.54) is 18.4 Å². The highest BCUT2D eigenvalue weighted by Gasteiger charge is 2.26. The van der Waals surface area contributed by atoms with Crippen LogP contribution in [0, 0.1) is 0 Å². The van der Waals surface area contributed by atoms with Gasteiger partial charge in [0.2, 0.25) is 0 Å². The second-order valence-corrected chi connectivity index (χ2v) is 5.16. The van der Waals surface area contributed by atoms with Crippen LogP contribution in [0.25, 0.3) is 0 Å². The summed E-state index contributed by atoms with van der Waals surface area (Å²) in [4.78, 5) is 0. The van der Waals surface area contributed by atoms with Crippen LogP contribution in [0.3, 0.4) is 0 Å². The molecule has 0 saturated heterocycles. The van der Waals surface area contributed by atoms with Crippen molar-refractivity contribution in [3.05, 3.63) is 29.8 Å². The molecule has 1 fully saturated rings. The number of benzene rings is 1. The predicted molar refractivity (Wildman–Crippen MR) is 64.9 cm³/mol. The molecule has 0 bridgehead atoms. The van der Waals surface area contributed by atoms with E-state index >= 15 is 0 Å². The number of rotatable bonds is 4. The van der Waals surface area contributed by atoms with Gasteiger partial charge in [-0.15, -0.1) is 0 Å². The van der Waals surface area contributed by atoms with Crippen molar-refractivity contribution in [2.45, 2.75) is 38.1 Å². The number of nitrogens with two attached hydrogens (primary N) is 1.